The van der Waals surface area contributed by atoms with Gasteiger partial charge in [-0.05, 0) is 45.7 Å². The Labute approximate surface area is 160 Å². The molecule has 0 radical (unpaired) electrons. The van der Waals surface area contributed by atoms with Crippen LogP contribution in [0.2, 0.25) is 0 Å². The van der Waals surface area contributed by atoms with E-state index in [-0.39, 0.29) is 4.75 Å². The Bertz CT molecular complexity index is 592. The number of guanidine groups is 1. The second-order valence-corrected chi connectivity index (χ2v) is 10.0. The first-order valence-electron chi connectivity index (χ1n) is 9.36. The van der Waals surface area contributed by atoms with Crippen molar-refractivity contribution in [2.24, 2.45) is 4.99 Å². The van der Waals surface area contributed by atoms with E-state index < -0.39 is 10.8 Å². The smallest absolute Gasteiger partial charge is 0.191 e. The molecule has 1 unspecified atom stereocenters. The van der Waals surface area contributed by atoms with Crippen LogP contribution in [0.25, 0.3) is 0 Å². The van der Waals surface area contributed by atoms with Gasteiger partial charge in [0, 0.05) is 66.8 Å². The van der Waals surface area contributed by atoms with Gasteiger partial charge in [-0.15, -0.1) is 0 Å². The summed E-state index contributed by atoms with van der Waals surface area (Å²) in [5, 5.41) is 6.79. The summed E-state index contributed by atoms with van der Waals surface area (Å²) in [6.07, 6.45) is 4.02. The monoisotopic (exact) mass is 379 g/mol. The Morgan fingerprint density at radius 3 is 2.65 bits per heavy atom. The van der Waals surface area contributed by atoms with Crippen LogP contribution in [-0.4, -0.2) is 63.3 Å². The highest BCUT2D eigenvalue weighted by Crippen LogP contribution is 2.13. The van der Waals surface area contributed by atoms with E-state index in [1.54, 1.807) is 7.05 Å². The number of rotatable bonds is 6. The minimum absolute atomic E-state index is 0.168. The number of hydrogen-bond acceptors (Lipinski definition) is 4. The molecular formula is C19H33N5OS. The number of pyridine rings is 1. The van der Waals surface area contributed by atoms with Gasteiger partial charge in [0.05, 0.1) is 5.69 Å². The molecule has 1 atom stereocenters. The van der Waals surface area contributed by atoms with Gasteiger partial charge in [0.1, 0.15) is 0 Å². The lowest BCUT2D eigenvalue weighted by molar-refractivity contribution is 0.196. The number of nitrogens with one attached hydrogen (secondary N) is 2. The Balaban J connectivity index is 1.69. The Hall–Kier alpha value is -1.47. The number of aromatic nitrogens is 1. The van der Waals surface area contributed by atoms with E-state index in [1.165, 1.54) is 0 Å². The fraction of sp³-hybridized carbons (Fsp3) is 0.684. The van der Waals surface area contributed by atoms with Crippen molar-refractivity contribution in [1.29, 1.82) is 0 Å². The molecule has 0 bridgehead atoms. The number of piperidine rings is 1. The summed E-state index contributed by atoms with van der Waals surface area (Å²) in [6, 6.07) is 6.50. The molecule has 1 aliphatic rings. The molecule has 1 aromatic rings. The second-order valence-electron chi connectivity index (χ2n) is 7.68. The zero-order valence-electron chi connectivity index (χ0n) is 16.5. The molecule has 0 saturated carbocycles. The maximum absolute atomic E-state index is 12.1. The Morgan fingerprint density at radius 2 is 2.08 bits per heavy atom. The maximum Gasteiger partial charge on any atom is 0.191 e. The molecule has 1 aliphatic heterocycles. The summed E-state index contributed by atoms with van der Waals surface area (Å²) in [6.45, 7) is 9.72. The highest BCUT2D eigenvalue weighted by atomic mass is 32.2. The van der Waals surface area contributed by atoms with E-state index in [1.807, 2.05) is 39.1 Å². The van der Waals surface area contributed by atoms with E-state index in [4.69, 9.17) is 0 Å². The van der Waals surface area contributed by atoms with Crippen molar-refractivity contribution < 1.29 is 4.21 Å². The van der Waals surface area contributed by atoms with Gasteiger partial charge in [-0.3, -0.25) is 19.1 Å². The second kappa shape index (κ2) is 10.0. The third kappa shape index (κ3) is 7.03. The van der Waals surface area contributed by atoms with Gasteiger partial charge in [-0.2, -0.15) is 0 Å². The van der Waals surface area contributed by atoms with Gasteiger partial charge in [-0.25, -0.2) is 0 Å². The zero-order chi connectivity index (χ0) is 19.0. The van der Waals surface area contributed by atoms with E-state index in [0.29, 0.717) is 18.3 Å². The van der Waals surface area contributed by atoms with Crippen molar-refractivity contribution in [3.05, 3.63) is 30.1 Å². The molecule has 146 valence electrons. The topological polar surface area (TPSA) is 69.6 Å². The molecule has 6 nitrogen and oxygen atoms in total. The zero-order valence-corrected chi connectivity index (χ0v) is 17.3. The first-order valence-corrected chi connectivity index (χ1v) is 10.7. The van der Waals surface area contributed by atoms with Crippen LogP contribution in [0.5, 0.6) is 0 Å². The average molecular weight is 380 g/mol. The predicted molar refractivity (Wildman–Crippen MR) is 110 cm³/mol. The summed E-state index contributed by atoms with van der Waals surface area (Å²) < 4.78 is 11.9. The molecule has 26 heavy (non-hydrogen) atoms. The lowest BCUT2D eigenvalue weighted by Gasteiger charge is -2.32. The number of hydrogen-bond donors (Lipinski definition) is 2. The Morgan fingerprint density at radius 1 is 1.35 bits per heavy atom. The van der Waals surface area contributed by atoms with Crippen LogP contribution >= 0.6 is 0 Å². The van der Waals surface area contributed by atoms with Crippen LogP contribution < -0.4 is 10.6 Å². The molecule has 0 aromatic carbocycles. The summed E-state index contributed by atoms with van der Waals surface area (Å²) in [7, 11) is 0.939. The first-order chi connectivity index (χ1) is 12.4. The third-order valence-electron chi connectivity index (χ3n) is 4.53. The number of aliphatic imine (C=N–C) groups is 1. The first kappa shape index (κ1) is 20.8. The van der Waals surface area contributed by atoms with Crippen molar-refractivity contribution in [2.45, 2.75) is 50.9 Å². The maximum atomic E-state index is 12.1. The van der Waals surface area contributed by atoms with Crippen LogP contribution in [0, 0.1) is 0 Å². The van der Waals surface area contributed by atoms with Crippen LogP contribution in [0.1, 0.15) is 39.3 Å². The van der Waals surface area contributed by atoms with Crippen molar-refractivity contribution in [3.8, 4) is 0 Å². The van der Waals surface area contributed by atoms with E-state index in [2.05, 4.69) is 31.6 Å². The minimum atomic E-state index is -0.845. The molecule has 1 saturated heterocycles. The fourth-order valence-corrected chi connectivity index (χ4v) is 3.81. The lowest BCUT2D eigenvalue weighted by Crippen LogP contribution is -2.49. The largest absolute Gasteiger partial charge is 0.355 e. The van der Waals surface area contributed by atoms with Crippen molar-refractivity contribution >= 4 is 16.8 Å². The van der Waals surface area contributed by atoms with E-state index in [9.17, 15) is 4.21 Å². The molecule has 2 rings (SSSR count). The van der Waals surface area contributed by atoms with Gasteiger partial charge in [-0.1, -0.05) is 6.07 Å². The highest BCUT2D eigenvalue weighted by molar-refractivity contribution is 7.86. The molecule has 2 heterocycles. The molecular weight excluding hydrogens is 346 g/mol. The van der Waals surface area contributed by atoms with Gasteiger partial charge >= 0.3 is 0 Å². The molecule has 0 spiro atoms. The molecule has 7 heteroatoms. The molecule has 1 aromatic heterocycles. The van der Waals surface area contributed by atoms with E-state index >= 15 is 0 Å². The number of likely N-dealkylation sites (tertiary alicyclic amines) is 1. The summed E-state index contributed by atoms with van der Waals surface area (Å²) >= 11 is 0. The Kier molecular flexibility index (Phi) is 8.03. The van der Waals surface area contributed by atoms with E-state index in [0.717, 1.165) is 44.1 Å². The molecule has 0 aliphatic carbocycles. The summed E-state index contributed by atoms with van der Waals surface area (Å²) in [5.74, 6) is 1.44. The van der Waals surface area contributed by atoms with Crippen molar-refractivity contribution in [3.63, 3.8) is 0 Å². The van der Waals surface area contributed by atoms with Gasteiger partial charge in [0.15, 0.2) is 5.96 Å². The summed E-state index contributed by atoms with van der Waals surface area (Å²) in [4.78, 5) is 11.2. The lowest BCUT2D eigenvalue weighted by atomic mass is 10.1. The normalized spacial score (nSPS) is 18.5. The van der Waals surface area contributed by atoms with Crippen LogP contribution in [-0.2, 0) is 17.3 Å². The molecule has 1 fully saturated rings. The number of nitrogens with zero attached hydrogens (tertiary/aromatic N) is 3. The van der Waals surface area contributed by atoms with Gasteiger partial charge in [0.2, 0.25) is 0 Å². The minimum Gasteiger partial charge on any atom is -0.355 e. The molecule has 2 N–H and O–H groups in total. The van der Waals surface area contributed by atoms with Gasteiger partial charge in [0.25, 0.3) is 0 Å². The fourth-order valence-electron chi connectivity index (χ4n) is 2.91. The van der Waals surface area contributed by atoms with Crippen LogP contribution in [0.15, 0.2) is 29.4 Å². The quantitative estimate of drug-likeness (QED) is 0.582. The van der Waals surface area contributed by atoms with Crippen molar-refractivity contribution in [2.75, 3.05) is 32.4 Å². The summed E-state index contributed by atoms with van der Waals surface area (Å²) in [5.41, 5.74) is 1.13. The third-order valence-corrected chi connectivity index (χ3v) is 6.47. The van der Waals surface area contributed by atoms with Crippen LogP contribution in [0.4, 0.5) is 0 Å². The van der Waals surface area contributed by atoms with Gasteiger partial charge < -0.3 is 10.6 Å². The van der Waals surface area contributed by atoms with Crippen LogP contribution in [0.3, 0.4) is 0 Å². The standard InChI is InChI=1S/C19H33N5OS/c1-19(2,3)26(25)14-11-22-18(20-4)23-16-8-12-24(13-9-16)15-17-7-5-6-10-21-17/h5-7,10,16H,8-9,11-15H2,1-4H3,(H2,20,22,23). The molecule has 0 amide bonds. The highest BCUT2D eigenvalue weighted by Gasteiger charge is 2.21. The van der Waals surface area contributed by atoms with Crippen molar-refractivity contribution in [1.82, 2.24) is 20.5 Å². The SMILES string of the molecule is CN=C(NCCS(=O)C(C)(C)C)NC1CCN(Cc2ccccn2)CC1. The average Bonchev–Trinajstić information content (AvgIpc) is 2.62. The predicted octanol–water partition coefficient (Wildman–Crippen LogP) is 1.76.